The van der Waals surface area contributed by atoms with E-state index in [-0.39, 0.29) is 6.10 Å². The van der Waals surface area contributed by atoms with Crippen molar-refractivity contribution in [2.24, 2.45) is 4.99 Å². The molecule has 0 aliphatic heterocycles. The standard InChI is InChI=1S/C15H21NO/c1-12(2)16-14-9-6-10-15(14)17-11-13-7-4-3-5-8-13/h3-5,7-8,12,15H,6,9-11H2,1-2H3/t15-/m0/s1. The lowest BCUT2D eigenvalue weighted by Crippen LogP contribution is -2.19. The largest absolute Gasteiger partial charge is 0.368 e. The summed E-state index contributed by atoms with van der Waals surface area (Å²) in [5, 5.41) is 0. The Hall–Kier alpha value is -1.15. The van der Waals surface area contributed by atoms with E-state index in [2.05, 4.69) is 43.1 Å². The molecule has 1 aliphatic carbocycles. The van der Waals surface area contributed by atoms with Crippen LogP contribution in [0.25, 0.3) is 0 Å². The summed E-state index contributed by atoms with van der Waals surface area (Å²) in [6.45, 7) is 4.95. The first-order valence-corrected chi connectivity index (χ1v) is 6.48. The SMILES string of the molecule is CC(C)N=C1CCC[C@@H]1OCc1ccccc1. The summed E-state index contributed by atoms with van der Waals surface area (Å²) < 4.78 is 5.97. The van der Waals surface area contributed by atoms with Crippen LogP contribution in [-0.4, -0.2) is 17.9 Å². The fourth-order valence-electron chi connectivity index (χ4n) is 2.23. The minimum Gasteiger partial charge on any atom is -0.368 e. The molecule has 2 rings (SSSR count). The van der Waals surface area contributed by atoms with E-state index in [1.54, 1.807) is 0 Å². The third kappa shape index (κ3) is 3.67. The summed E-state index contributed by atoms with van der Waals surface area (Å²) >= 11 is 0. The molecule has 0 N–H and O–H groups in total. The van der Waals surface area contributed by atoms with E-state index in [1.807, 2.05) is 6.07 Å². The van der Waals surface area contributed by atoms with E-state index in [1.165, 1.54) is 17.7 Å². The van der Waals surface area contributed by atoms with Crippen molar-refractivity contribution in [3.05, 3.63) is 35.9 Å². The van der Waals surface area contributed by atoms with Crippen LogP contribution in [0.2, 0.25) is 0 Å². The van der Waals surface area contributed by atoms with Gasteiger partial charge in [-0.15, -0.1) is 0 Å². The van der Waals surface area contributed by atoms with Crippen LogP contribution in [-0.2, 0) is 11.3 Å². The molecule has 1 fully saturated rings. The summed E-state index contributed by atoms with van der Waals surface area (Å²) in [5.74, 6) is 0. The smallest absolute Gasteiger partial charge is 0.0956 e. The fourth-order valence-corrected chi connectivity index (χ4v) is 2.23. The highest BCUT2D eigenvalue weighted by molar-refractivity contribution is 5.90. The van der Waals surface area contributed by atoms with Crippen molar-refractivity contribution >= 4 is 5.71 Å². The Labute approximate surface area is 104 Å². The molecule has 0 spiro atoms. The Morgan fingerprint density at radius 1 is 1.29 bits per heavy atom. The van der Waals surface area contributed by atoms with E-state index >= 15 is 0 Å². The molecule has 0 heterocycles. The molecule has 1 aromatic carbocycles. The van der Waals surface area contributed by atoms with Gasteiger partial charge in [-0.3, -0.25) is 4.99 Å². The Kier molecular flexibility index (Phi) is 4.32. The lowest BCUT2D eigenvalue weighted by molar-refractivity contribution is 0.0849. The quantitative estimate of drug-likeness (QED) is 0.775. The maximum atomic E-state index is 5.97. The molecule has 1 atom stereocenters. The average Bonchev–Trinajstić information content (AvgIpc) is 2.74. The number of ether oxygens (including phenoxy) is 1. The second-order valence-corrected chi connectivity index (χ2v) is 4.89. The minimum atomic E-state index is 0.248. The summed E-state index contributed by atoms with van der Waals surface area (Å²) in [6, 6.07) is 10.7. The van der Waals surface area contributed by atoms with Gasteiger partial charge in [0, 0.05) is 11.8 Å². The first-order valence-electron chi connectivity index (χ1n) is 6.48. The van der Waals surface area contributed by atoms with Gasteiger partial charge in [0.2, 0.25) is 0 Å². The van der Waals surface area contributed by atoms with Crippen molar-refractivity contribution in [1.29, 1.82) is 0 Å². The maximum absolute atomic E-state index is 5.97. The van der Waals surface area contributed by atoms with E-state index in [0.717, 1.165) is 12.8 Å². The van der Waals surface area contributed by atoms with Crippen molar-refractivity contribution in [3.63, 3.8) is 0 Å². The summed E-state index contributed by atoms with van der Waals surface area (Å²) in [4.78, 5) is 4.66. The van der Waals surface area contributed by atoms with Gasteiger partial charge >= 0.3 is 0 Å². The molecule has 0 bridgehead atoms. The van der Waals surface area contributed by atoms with Crippen LogP contribution in [0.15, 0.2) is 35.3 Å². The second kappa shape index (κ2) is 5.97. The van der Waals surface area contributed by atoms with Crippen molar-refractivity contribution in [2.45, 2.75) is 51.9 Å². The summed E-state index contributed by atoms with van der Waals surface area (Å²) in [5.41, 5.74) is 2.50. The van der Waals surface area contributed by atoms with Crippen LogP contribution in [0.5, 0.6) is 0 Å². The molecule has 1 aliphatic rings. The number of rotatable bonds is 4. The molecule has 2 nitrogen and oxygen atoms in total. The van der Waals surface area contributed by atoms with Gasteiger partial charge in [-0.25, -0.2) is 0 Å². The normalized spacial score (nSPS) is 22.5. The molecular weight excluding hydrogens is 210 g/mol. The van der Waals surface area contributed by atoms with Gasteiger partial charge in [-0.1, -0.05) is 30.3 Å². The van der Waals surface area contributed by atoms with Gasteiger partial charge in [0.25, 0.3) is 0 Å². The van der Waals surface area contributed by atoms with Crippen LogP contribution < -0.4 is 0 Å². The van der Waals surface area contributed by atoms with Gasteiger partial charge < -0.3 is 4.74 Å². The lowest BCUT2D eigenvalue weighted by atomic mass is 10.2. The van der Waals surface area contributed by atoms with Crippen molar-refractivity contribution in [2.75, 3.05) is 0 Å². The third-order valence-corrected chi connectivity index (χ3v) is 2.99. The molecule has 0 saturated heterocycles. The highest BCUT2D eigenvalue weighted by atomic mass is 16.5. The van der Waals surface area contributed by atoms with Crippen LogP contribution in [0.3, 0.4) is 0 Å². The van der Waals surface area contributed by atoms with E-state index in [9.17, 15) is 0 Å². The van der Waals surface area contributed by atoms with Crippen LogP contribution in [0.4, 0.5) is 0 Å². The zero-order valence-electron chi connectivity index (χ0n) is 10.7. The van der Waals surface area contributed by atoms with Crippen molar-refractivity contribution in [1.82, 2.24) is 0 Å². The number of benzene rings is 1. The van der Waals surface area contributed by atoms with Crippen molar-refractivity contribution in [3.8, 4) is 0 Å². The molecular formula is C15H21NO. The molecule has 0 aromatic heterocycles. The summed E-state index contributed by atoms with van der Waals surface area (Å²) in [6.07, 6.45) is 3.69. The molecule has 0 unspecified atom stereocenters. The Morgan fingerprint density at radius 2 is 2.06 bits per heavy atom. The Morgan fingerprint density at radius 3 is 2.76 bits per heavy atom. The number of aliphatic imine (C=N–C) groups is 1. The van der Waals surface area contributed by atoms with Crippen LogP contribution in [0, 0.1) is 0 Å². The van der Waals surface area contributed by atoms with E-state index in [4.69, 9.17) is 4.74 Å². The second-order valence-electron chi connectivity index (χ2n) is 4.89. The molecule has 17 heavy (non-hydrogen) atoms. The third-order valence-electron chi connectivity index (χ3n) is 2.99. The van der Waals surface area contributed by atoms with Gasteiger partial charge in [-0.05, 0) is 38.7 Å². The fraction of sp³-hybridized carbons (Fsp3) is 0.533. The van der Waals surface area contributed by atoms with Gasteiger partial charge in [0.1, 0.15) is 0 Å². The number of hydrogen-bond acceptors (Lipinski definition) is 2. The highest BCUT2D eigenvalue weighted by Crippen LogP contribution is 2.21. The van der Waals surface area contributed by atoms with E-state index < -0.39 is 0 Å². The van der Waals surface area contributed by atoms with Gasteiger partial charge in [0.05, 0.1) is 12.7 Å². The molecule has 0 radical (unpaired) electrons. The predicted octanol–water partition coefficient (Wildman–Crippen LogP) is 3.61. The zero-order chi connectivity index (χ0) is 12.1. The predicted molar refractivity (Wildman–Crippen MR) is 71.4 cm³/mol. The van der Waals surface area contributed by atoms with Crippen LogP contribution in [0.1, 0.15) is 38.7 Å². The first-order chi connectivity index (χ1) is 8.25. The average molecular weight is 231 g/mol. The molecule has 92 valence electrons. The number of nitrogens with zero attached hydrogens (tertiary/aromatic N) is 1. The van der Waals surface area contributed by atoms with Crippen molar-refractivity contribution < 1.29 is 4.74 Å². The summed E-state index contributed by atoms with van der Waals surface area (Å²) in [7, 11) is 0. The lowest BCUT2D eigenvalue weighted by Gasteiger charge is -2.14. The van der Waals surface area contributed by atoms with Gasteiger partial charge in [-0.2, -0.15) is 0 Å². The minimum absolute atomic E-state index is 0.248. The topological polar surface area (TPSA) is 21.6 Å². The Balaban J connectivity index is 1.91. The Bertz CT molecular complexity index is 370. The van der Waals surface area contributed by atoms with Gasteiger partial charge in [0.15, 0.2) is 0 Å². The highest BCUT2D eigenvalue weighted by Gasteiger charge is 2.23. The first kappa shape index (κ1) is 12.3. The zero-order valence-corrected chi connectivity index (χ0v) is 10.7. The molecule has 2 heteroatoms. The molecule has 1 aromatic rings. The molecule has 0 amide bonds. The monoisotopic (exact) mass is 231 g/mol. The maximum Gasteiger partial charge on any atom is 0.0956 e. The number of hydrogen-bond donors (Lipinski definition) is 0. The van der Waals surface area contributed by atoms with E-state index in [0.29, 0.717) is 12.6 Å². The molecule has 1 saturated carbocycles. The van der Waals surface area contributed by atoms with Crippen LogP contribution >= 0.6 is 0 Å².